The summed E-state index contributed by atoms with van der Waals surface area (Å²) in [6.07, 6.45) is 2.37. The Morgan fingerprint density at radius 3 is 2.44 bits per heavy atom. The number of Topliss-reactive ketones (excluding diaryl/α,β-unsaturated/α-hetero) is 1. The van der Waals surface area contributed by atoms with Gasteiger partial charge in [0.15, 0.2) is 0 Å². The first-order valence-electron chi connectivity index (χ1n) is 7.27. The number of benzene rings is 1. The molecule has 0 spiro atoms. The average molecular weight is 510 g/mol. The third-order valence-corrected chi connectivity index (χ3v) is 3.58. The van der Waals surface area contributed by atoms with Crippen molar-refractivity contribution in [2.75, 3.05) is 7.11 Å². The van der Waals surface area contributed by atoms with Gasteiger partial charge in [-0.25, -0.2) is 9.78 Å². The summed E-state index contributed by atoms with van der Waals surface area (Å²) in [5.41, 5.74) is 2.78. The number of ether oxygens (including phenoxy) is 1. The summed E-state index contributed by atoms with van der Waals surface area (Å²) in [5, 5.41) is 0.787. The van der Waals surface area contributed by atoms with Crippen LogP contribution >= 0.6 is 0 Å². The number of nitrogens with one attached hydrogen (secondary N) is 1. The summed E-state index contributed by atoms with van der Waals surface area (Å²) in [7, 11) is 1.33. The number of pyridine rings is 1. The van der Waals surface area contributed by atoms with Gasteiger partial charge in [-0.15, -0.1) is 0 Å². The molecule has 131 valence electrons. The standard InChI is InChI=1S/C18H16N2O3.CH3.Re/c1-23-18(22)16-10-14-7-13(11-19-17(14)20-16)9-15(21)8-12-5-3-2-4-6-12;;/h2-7,10-11H,8-9H2,1H3,(H,19,20);1H3;/q;-1;. The van der Waals surface area contributed by atoms with Gasteiger partial charge in [0.1, 0.15) is 17.1 Å². The molecule has 1 aromatic carbocycles. The molecular weight excluding hydrogens is 490 g/mol. The van der Waals surface area contributed by atoms with Crippen molar-refractivity contribution in [3.8, 4) is 0 Å². The van der Waals surface area contributed by atoms with Crippen LogP contribution < -0.4 is 0 Å². The van der Waals surface area contributed by atoms with Crippen LogP contribution in [0.1, 0.15) is 21.6 Å². The molecule has 0 aliphatic heterocycles. The first kappa shape index (κ1) is 20.8. The largest absolute Gasteiger partial charge is 0.464 e. The Morgan fingerprint density at radius 1 is 1.08 bits per heavy atom. The number of hydrogen-bond donors (Lipinski definition) is 1. The summed E-state index contributed by atoms with van der Waals surface area (Å²) in [6, 6.07) is 13.2. The molecule has 3 rings (SSSR count). The molecule has 25 heavy (non-hydrogen) atoms. The predicted molar refractivity (Wildman–Crippen MR) is 92.7 cm³/mol. The van der Waals surface area contributed by atoms with Gasteiger partial charge in [-0.2, -0.15) is 0 Å². The molecule has 3 aromatic rings. The van der Waals surface area contributed by atoms with E-state index in [-0.39, 0.29) is 33.6 Å². The monoisotopic (exact) mass is 510 g/mol. The smallest absolute Gasteiger partial charge is 0.354 e. The molecule has 2 aromatic heterocycles. The van der Waals surface area contributed by atoms with E-state index in [1.54, 1.807) is 12.3 Å². The molecular formula is C19H19N2O3Re-. The van der Waals surface area contributed by atoms with Crippen molar-refractivity contribution in [1.29, 1.82) is 0 Å². The van der Waals surface area contributed by atoms with E-state index < -0.39 is 5.97 Å². The van der Waals surface area contributed by atoms with Crippen molar-refractivity contribution in [3.63, 3.8) is 0 Å². The number of ketones is 1. The van der Waals surface area contributed by atoms with E-state index >= 15 is 0 Å². The van der Waals surface area contributed by atoms with E-state index in [2.05, 4.69) is 14.7 Å². The third kappa shape index (κ3) is 5.09. The summed E-state index contributed by atoms with van der Waals surface area (Å²) in [4.78, 5) is 30.8. The van der Waals surface area contributed by atoms with Gasteiger partial charge in [0, 0.05) is 44.8 Å². The van der Waals surface area contributed by atoms with Crippen molar-refractivity contribution >= 4 is 22.8 Å². The van der Waals surface area contributed by atoms with Gasteiger partial charge >= 0.3 is 5.97 Å². The Bertz CT molecular complexity index is 859. The van der Waals surface area contributed by atoms with Gasteiger partial charge in [-0.1, -0.05) is 30.3 Å². The molecule has 0 fully saturated rings. The Hall–Kier alpha value is -2.29. The van der Waals surface area contributed by atoms with E-state index in [4.69, 9.17) is 0 Å². The predicted octanol–water partition coefficient (Wildman–Crippen LogP) is 3.15. The Morgan fingerprint density at radius 2 is 1.76 bits per heavy atom. The number of esters is 1. The Kier molecular flexibility index (Phi) is 7.69. The number of methoxy groups -OCH3 is 1. The van der Waals surface area contributed by atoms with Crippen LogP contribution in [0.2, 0.25) is 0 Å². The van der Waals surface area contributed by atoms with Gasteiger partial charge in [0.25, 0.3) is 0 Å². The molecule has 0 unspecified atom stereocenters. The van der Waals surface area contributed by atoms with E-state index in [0.717, 1.165) is 16.5 Å². The quantitative estimate of drug-likeness (QED) is 0.424. The number of fused-ring (bicyclic) bond motifs is 1. The average Bonchev–Trinajstić information content (AvgIpc) is 2.98. The minimum absolute atomic E-state index is 0. The fourth-order valence-corrected chi connectivity index (χ4v) is 2.49. The van der Waals surface area contributed by atoms with E-state index in [1.165, 1.54) is 7.11 Å². The molecule has 1 radical (unpaired) electrons. The number of aromatic amines is 1. The molecule has 0 atom stereocenters. The molecule has 1 N–H and O–H groups in total. The van der Waals surface area contributed by atoms with Crippen LogP contribution in [-0.4, -0.2) is 28.8 Å². The zero-order chi connectivity index (χ0) is 16.2. The molecule has 0 saturated heterocycles. The minimum atomic E-state index is -0.440. The van der Waals surface area contributed by atoms with Gasteiger partial charge in [0.05, 0.1) is 7.11 Å². The van der Waals surface area contributed by atoms with E-state index in [0.29, 0.717) is 24.2 Å². The zero-order valence-electron chi connectivity index (χ0n) is 14.1. The number of nitrogens with zero attached hydrogens (tertiary/aromatic N) is 1. The maximum absolute atomic E-state index is 12.2. The maximum atomic E-state index is 12.2. The van der Waals surface area contributed by atoms with Crippen LogP contribution in [0, 0.1) is 7.43 Å². The Labute approximate surface area is 160 Å². The second-order valence-corrected chi connectivity index (χ2v) is 5.33. The van der Waals surface area contributed by atoms with Crippen molar-refractivity contribution in [1.82, 2.24) is 9.97 Å². The molecule has 0 saturated carbocycles. The van der Waals surface area contributed by atoms with Gasteiger partial charge in [-0.3, -0.25) is 4.79 Å². The molecule has 6 heteroatoms. The van der Waals surface area contributed by atoms with Crippen LogP contribution in [0.5, 0.6) is 0 Å². The van der Waals surface area contributed by atoms with Crippen molar-refractivity contribution in [2.24, 2.45) is 0 Å². The minimum Gasteiger partial charge on any atom is -0.464 e. The number of carbonyl (C=O) groups is 2. The summed E-state index contributed by atoms with van der Waals surface area (Å²) < 4.78 is 4.67. The molecule has 2 heterocycles. The van der Waals surface area contributed by atoms with Crippen molar-refractivity contribution in [3.05, 3.63) is 72.9 Å². The van der Waals surface area contributed by atoms with Gasteiger partial charge in [0.2, 0.25) is 0 Å². The number of H-pyrrole nitrogens is 1. The number of hydrogen-bond acceptors (Lipinski definition) is 4. The van der Waals surface area contributed by atoms with Crippen LogP contribution in [-0.2, 0) is 42.8 Å². The maximum Gasteiger partial charge on any atom is 0.354 e. The first-order chi connectivity index (χ1) is 11.2. The summed E-state index contributed by atoms with van der Waals surface area (Å²) in [6.45, 7) is 0. The van der Waals surface area contributed by atoms with Crippen LogP contribution in [0.25, 0.3) is 11.0 Å². The molecule has 0 bridgehead atoms. The van der Waals surface area contributed by atoms with Crippen molar-refractivity contribution < 1.29 is 34.7 Å². The number of rotatable bonds is 5. The second kappa shape index (κ2) is 9.26. The Balaban J connectivity index is 0.00000156. The van der Waals surface area contributed by atoms with Gasteiger partial charge in [-0.05, 0) is 23.3 Å². The van der Waals surface area contributed by atoms with Crippen LogP contribution in [0.4, 0.5) is 0 Å². The fraction of sp³-hybridized carbons (Fsp3) is 0.158. The van der Waals surface area contributed by atoms with Crippen molar-refractivity contribution in [2.45, 2.75) is 12.8 Å². The summed E-state index contributed by atoms with van der Waals surface area (Å²) >= 11 is 0. The van der Waals surface area contributed by atoms with E-state index in [1.807, 2.05) is 36.4 Å². The number of aromatic nitrogens is 2. The third-order valence-electron chi connectivity index (χ3n) is 3.58. The second-order valence-electron chi connectivity index (χ2n) is 5.33. The van der Waals surface area contributed by atoms with Crippen LogP contribution in [0.3, 0.4) is 0 Å². The molecule has 0 amide bonds. The van der Waals surface area contributed by atoms with Gasteiger partial charge < -0.3 is 17.1 Å². The first-order valence-corrected chi connectivity index (χ1v) is 7.27. The van der Waals surface area contributed by atoms with E-state index in [9.17, 15) is 9.59 Å². The normalized spacial score (nSPS) is 9.80. The molecule has 5 nitrogen and oxygen atoms in total. The van der Waals surface area contributed by atoms with Crippen LogP contribution in [0.15, 0.2) is 48.7 Å². The number of carbonyl (C=O) groups excluding carboxylic acids is 2. The topological polar surface area (TPSA) is 72.1 Å². The molecule has 0 aliphatic carbocycles. The zero-order valence-corrected chi connectivity index (χ0v) is 16.8. The fourth-order valence-electron chi connectivity index (χ4n) is 2.49. The molecule has 0 aliphatic rings. The SMILES string of the molecule is COC(=O)c1cc2cc(CC(=O)Cc3ccccc3)cnc2[nH]1.[CH3-].[Re]. The summed E-state index contributed by atoms with van der Waals surface area (Å²) in [5.74, 6) is -0.314.